The number of halogens is 1. The lowest BCUT2D eigenvalue weighted by Crippen LogP contribution is -2.43. The van der Waals surface area contributed by atoms with Crippen LogP contribution in [0.1, 0.15) is 48.4 Å². The van der Waals surface area contributed by atoms with E-state index in [2.05, 4.69) is 56.3 Å². The number of nitrogens with one attached hydrogen (secondary N) is 2. The van der Waals surface area contributed by atoms with Gasteiger partial charge in [-0.25, -0.2) is 0 Å². The molecule has 0 saturated heterocycles. The number of aromatic nitrogens is 5. The van der Waals surface area contributed by atoms with Crippen LogP contribution in [0.4, 0.5) is 0 Å². The molecule has 2 aromatic rings. The van der Waals surface area contributed by atoms with Gasteiger partial charge >= 0.3 is 0 Å². The monoisotopic (exact) mass is 486 g/mol. The molecule has 0 bridgehead atoms. The van der Waals surface area contributed by atoms with Gasteiger partial charge in [-0.3, -0.25) is 9.67 Å². The maximum atomic E-state index is 4.50. The molecular formula is C18H31IN8. The van der Waals surface area contributed by atoms with Crippen LogP contribution in [-0.4, -0.2) is 43.6 Å². The molecule has 3 heterocycles. The van der Waals surface area contributed by atoms with E-state index in [1.807, 2.05) is 11.7 Å². The summed E-state index contributed by atoms with van der Waals surface area (Å²) in [4.78, 5) is 4.35. The zero-order chi connectivity index (χ0) is 18.7. The Hall–Kier alpha value is -1.65. The van der Waals surface area contributed by atoms with E-state index in [9.17, 15) is 0 Å². The van der Waals surface area contributed by atoms with Crippen molar-refractivity contribution >= 4 is 29.9 Å². The zero-order valence-corrected chi connectivity index (χ0v) is 19.2. The minimum absolute atomic E-state index is 0. The summed E-state index contributed by atoms with van der Waals surface area (Å²) in [5.74, 6) is 2.87. The van der Waals surface area contributed by atoms with Crippen LogP contribution in [-0.2, 0) is 33.0 Å². The lowest BCUT2D eigenvalue weighted by atomic mass is 10.1. The summed E-state index contributed by atoms with van der Waals surface area (Å²) >= 11 is 0. The van der Waals surface area contributed by atoms with Crippen molar-refractivity contribution in [1.29, 1.82) is 0 Å². The van der Waals surface area contributed by atoms with Crippen LogP contribution < -0.4 is 10.6 Å². The van der Waals surface area contributed by atoms with Crippen molar-refractivity contribution in [3.05, 3.63) is 28.6 Å². The average Bonchev–Trinajstić information content (AvgIpc) is 3.15. The molecule has 0 fully saturated rings. The van der Waals surface area contributed by atoms with Crippen LogP contribution in [0.25, 0.3) is 0 Å². The van der Waals surface area contributed by atoms with Crippen molar-refractivity contribution < 1.29 is 0 Å². The quantitative estimate of drug-likeness (QED) is 0.383. The van der Waals surface area contributed by atoms with Crippen LogP contribution in [0.2, 0.25) is 0 Å². The van der Waals surface area contributed by atoms with Gasteiger partial charge in [-0.15, -0.1) is 34.2 Å². The van der Waals surface area contributed by atoms with E-state index in [1.165, 1.54) is 24.1 Å². The molecule has 0 aromatic carbocycles. The number of aryl methyl sites for hydroxylation is 3. The van der Waals surface area contributed by atoms with Gasteiger partial charge in [0.05, 0.1) is 12.2 Å². The molecular weight excluding hydrogens is 455 g/mol. The van der Waals surface area contributed by atoms with Crippen LogP contribution in [0.3, 0.4) is 0 Å². The number of guanidine groups is 1. The number of hydrogen-bond donors (Lipinski definition) is 2. The van der Waals surface area contributed by atoms with Crippen molar-refractivity contribution in [3.63, 3.8) is 0 Å². The molecule has 1 unspecified atom stereocenters. The molecule has 150 valence electrons. The van der Waals surface area contributed by atoms with Crippen LogP contribution >= 0.6 is 24.0 Å². The van der Waals surface area contributed by atoms with Crippen molar-refractivity contribution in [2.75, 3.05) is 7.05 Å². The Bertz CT molecular complexity index is 792. The first-order valence-corrected chi connectivity index (χ1v) is 9.36. The standard InChI is InChI=1S/C18H30N8.HI/c1-12(10-15-13(2)24-25(5)14(15)3)21-18(19-4)20-11-17-23-22-16-8-6-7-9-26(16)17;/h12H,6-11H2,1-5H3,(H2,19,20,21);1H. The highest BCUT2D eigenvalue weighted by atomic mass is 127. The highest BCUT2D eigenvalue weighted by Crippen LogP contribution is 2.15. The van der Waals surface area contributed by atoms with Crippen LogP contribution in [0.5, 0.6) is 0 Å². The largest absolute Gasteiger partial charge is 0.354 e. The molecule has 0 radical (unpaired) electrons. The summed E-state index contributed by atoms with van der Waals surface area (Å²) in [7, 11) is 3.78. The highest BCUT2D eigenvalue weighted by molar-refractivity contribution is 14.0. The minimum Gasteiger partial charge on any atom is -0.354 e. The van der Waals surface area contributed by atoms with E-state index < -0.39 is 0 Å². The van der Waals surface area contributed by atoms with E-state index in [0.29, 0.717) is 6.54 Å². The molecule has 2 aromatic heterocycles. The Morgan fingerprint density at radius 2 is 2.04 bits per heavy atom. The number of rotatable bonds is 5. The van der Waals surface area contributed by atoms with Crippen molar-refractivity contribution in [2.24, 2.45) is 12.0 Å². The van der Waals surface area contributed by atoms with E-state index in [4.69, 9.17) is 0 Å². The van der Waals surface area contributed by atoms with Crippen LogP contribution in [0, 0.1) is 13.8 Å². The lowest BCUT2D eigenvalue weighted by Gasteiger charge is -2.19. The molecule has 1 aliphatic heterocycles. The fraction of sp³-hybridized carbons (Fsp3) is 0.667. The fourth-order valence-electron chi connectivity index (χ4n) is 3.56. The third-order valence-electron chi connectivity index (χ3n) is 5.13. The summed E-state index contributed by atoms with van der Waals surface area (Å²) in [6, 6.07) is 0.245. The van der Waals surface area contributed by atoms with Gasteiger partial charge in [0.2, 0.25) is 0 Å². The van der Waals surface area contributed by atoms with Gasteiger partial charge in [0.25, 0.3) is 0 Å². The predicted molar refractivity (Wildman–Crippen MR) is 118 cm³/mol. The molecule has 8 nitrogen and oxygen atoms in total. The highest BCUT2D eigenvalue weighted by Gasteiger charge is 2.17. The summed E-state index contributed by atoms with van der Waals surface area (Å²) < 4.78 is 4.18. The Labute approximate surface area is 178 Å². The number of hydrogen-bond acceptors (Lipinski definition) is 4. The SMILES string of the molecule is CN=C(NCc1nnc2n1CCCC2)NC(C)Cc1c(C)nn(C)c1C.I. The van der Waals surface area contributed by atoms with Gasteiger partial charge in [0.1, 0.15) is 5.82 Å². The summed E-state index contributed by atoms with van der Waals surface area (Å²) in [6.45, 7) is 7.99. The molecule has 0 amide bonds. The Kier molecular flexibility index (Phi) is 7.63. The molecule has 0 aliphatic carbocycles. The fourth-order valence-corrected chi connectivity index (χ4v) is 3.56. The van der Waals surface area contributed by atoms with Gasteiger partial charge in [0, 0.05) is 38.8 Å². The van der Waals surface area contributed by atoms with Gasteiger partial charge in [0.15, 0.2) is 11.8 Å². The van der Waals surface area contributed by atoms with Crippen molar-refractivity contribution in [2.45, 2.75) is 65.6 Å². The van der Waals surface area contributed by atoms with Gasteiger partial charge in [-0.2, -0.15) is 5.10 Å². The average molecular weight is 486 g/mol. The molecule has 27 heavy (non-hydrogen) atoms. The predicted octanol–water partition coefficient (Wildman–Crippen LogP) is 1.88. The Morgan fingerprint density at radius 3 is 2.70 bits per heavy atom. The van der Waals surface area contributed by atoms with E-state index in [0.717, 1.165) is 42.7 Å². The molecule has 1 atom stereocenters. The van der Waals surface area contributed by atoms with Gasteiger partial charge < -0.3 is 15.2 Å². The minimum atomic E-state index is 0. The Morgan fingerprint density at radius 1 is 1.26 bits per heavy atom. The van der Waals surface area contributed by atoms with Crippen molar-refractivity contribution in [3.8, 4) is 0 Å². The van der Waals surface area contributed by atoms with Crippen LogP contribution in [0.15, 0.2) is 4.99 Å². The first-order valence-electron chi connectivity index (χ1n) is 9.36. The third-order valence-corrected chi connectivity index (χ3v) is 5.13. The van der Waals surface area contributed by atoms with E-state index in [1.54, 1.807) is 7.05 Å². The number of fused-ring (bicyclic) bond motifs is 1. The van der Waals surface area contributed by atoms with Gasteiger partial charge in [-0.1, -0.05) is 0 Å². The maximum absolute atomic E-state index is 4.50. The maximum Gasteiger partial charge on any atom is 0.191 e. The van der Waals surface area contributed by atoms with Gasteiger partial charge in [-0.05, 0) is 45.6 Å². The molecule has 1 aliphatic rings. The first-order chi connectivity index (χ1) is 12.5. The van der Waals surface area contributed by atoms with E-state index in [-0.39, 0.29) is 30.0 Å². The normalized spacial score (nSPS) is 15.1. The summed E-state index contributed by atoms with van der Waals surface area (Å²) in [6.07, 6.45) is 4.35. The summed E-state index contributed by atoms with van der Waals surface area (Å²) in [5, 5.41) is 20.0. The zero-order valence-electron chi connectivity index (χ0n) is 16.9. The second-order valence-electron chi connectivity index (χ2n) is 7.09. The number of nitrogens with zero attached hydrogens (tertiary/aromatic N) is 6. The second-order valence-corrected chi connectivity index (χ2v) is 7.09. The topological polar surface area (TPSA) is 84.9 Å². The smallest absolute Gasteiger partial charge is 0.191 e. The first kappa shape index (κ1) is 21.6. The molecule has 0 saturated carbocycles. The third kappa shape index (κ3) is 4.99. The Balaban J connectivity index is 0.00000261. The van der Waals surface area contributed by atoms with Crippen molar-refractivity contribution in [1.82, 2.24) is 35.2 Å². The molecule has 9 heteroatoms. The molecule has 2 N–H and O–H groups in total. The lowest BCUT2D eigenvalue weighted by molar-refractivity contribution is 0.504. The number of aliphatic imine (C=N–C) groups is 1. The van der Waals surface area contributed by atoms with E-state index >= 15 is 0 Å². The molecule has 3 rings (SSSR count). The molecule has 0 spiro atoms. The summed E-state index contributed by atoms with van der Waals surface area (Å²) in [5.41, 5.74) is 3.61. The second kappa shape index (κ2) is 9.52.